The van der Waals surface area contributed by atoms with Crippen LogP contribution in [0.1, 0.15) is 36.4 Å². The fourth-order valence-corrected chi connectivity index (χ4v) is 3.48. The minimum absolute atomic E-state index is 0.112. The molecule has 0 bridgehead atoms. The van der Waals surface area contributed by atoms with Gasteiger partial charge in [0.05, 0.1) is 18.2 Å². The van der Waals surface area contributed by atoms with Crippen molar-refractivity contribution in [3.05, 3.63) is 65.2 Å². The van der Waals surface area contributed by atoms with Crippen molar-refractivity contribution < 1.29 is 41.0 Å². The number of ether oxygens (including phenoxy) is 1. The van der Waals surface area contributed by atoms with Gasteiger partial charge >= 0.3 is 18.6 Å². The van der Waals surface area contributed by atoms with Gasteiger partial charge in [0.15, 0.2) is 0 Å². The van der Waals surface area contributed by atoms with E-state index in [-0.39, 0.29) is 11.1 Å². The van der Waals surface area contributed by atoms with E-state index in [4.69, 9.17) is 0 Å². The second-order valence-electron chi connectivity index (χ2n) is 7.39. The first-order valence-electron chi connectivity index (χ1n) is 9.71. The molecular weight excluding hydrogens is 442 g/mol. The third kappa shape index (κ3) is 5.84. The summed E-state index contributed by atoms with van der Waals surface area (Å²) in [6.45, 7) is 0. The van der Waals surface area contributed by atoms with Gasteiger partial charge in [-0.2, -0.15) is 17.6 Å². The highest BCUT2D eigenvalue weighted by molar-refractivity contribution is 5.75. The molecule has 0 saturated heterocycles. The minimum atomic E-state index is -4.86. The van der Waals surface area contributed by atoms with Crippen LogP contribution in [0.2, 0.25) is 0 Å². The maximum absolute atomic E-state index is 14.1. The second kappa shape index (κ2) is 9.68. The normalized spacial score (nSPS) is 19.6. The van der Waals surface area contributed by atoms with Gasteiger partial charge in [-0.15, -0.1) is 0 Å². The summed E-state index contributed by atoms with van der Waals surface area (Å²) in [5.41, 5.74) is 0.143. The fraction of sp³-hybridized carbons (Fsp3) is 0.381. The summed E-state index contributed by atoms with van der Waals surface area (Å²) >= 11 is 0. The molecule has 3 rings (SSSR count). The van der Waals surface area contributed by atoms with Crippen molar-refractivity contribution in [1.82, 2.24) is 10.6 Å². The predicted octanol–water partition coefficient (Wildman–Crippen LogP) is 4.50. The molecule has 0 heterocycles. The molecule has 1 saturated carbocycles. The average molecular weight is 462 g/mol. The highest BCUT2D eigenvalue weighted by Crippen LogP contribution is 2.32. The first-order chi connectivity index (χ1) is 15.0. The molecule has 2 aromatic rings. The van der Waals surface area contributed by atoms with Crippen LogP contribution in [-0.2, 0) is 0 Å². The highest BCUT2D eigenvalue weighted by Gasteiger charge is 2.44. The number of carbonyl (C=O) groups excluding carboxylic acids is 1. The lowest BCUT2D eigenvalue weighted by Gasteiger charge is -2.24. The number of aliphatic hydroxyl groups excluding tert-OH is 1. The number of alkyl halides is 4. The third-order valence-electron chi connectivity index (χ3n) is 5.01. The van der Waals surface area contributed by atoms with Gasteiger partial charge in [0.2, 0.25) is 0 Å². The van der Waals surface area contributed by atoms with Crippen LogP contribution in [0.15, 0.2) is 42.5 Å². The molecule has 0 aromatic heterocycles. The van der Waals surface area contributed by atoms with Crippen molar-refractivity contribution >= 4 is 6.03 Å². The number of aliphatic hydroxyl groups is 1. The maximum Gasteiger partial charge on any atom is 0.461 e. The molecular formula is C21H20F6N2O3. The molecule has 1 unspecified atom stereocenters. The summed E-state index contributed by atoms with van der Waals surface area (Å²) in [5, 5.41) is 15.0. The Bertz CT molecular complexity index is 942. The van der Waals surface area contributed by atoms with Gasteiger partial charge < -0.3 is 20.5 Å². The molecule has 1 fully saturated rings. The Hall–Kier alpha value is -2.95. The van der Waals surface area contributed by atoms with E-state index in [1.165, 1.54) is 12.1 Å². The number of rotatable bonds is 7. The highest BCUT2D eigenvalue weighted by atomic mass is 19.3. The van der Waals surface area contributed by atoms with E-state index in [9.17, 15) is 36.2 Å². The van der Waals surface area contributed by atoms with E-state index in [1.807, 2.05) is 0 Å². The molecule has 0 spiro atoms. The number of hydrogen-bond donors (Lipinski definition) is 3. The molecule has 0 radical (unpaired) electrons. The molecule has 32 heavy (non-hydrogen) atoms. The number of halogens is 6. The van der Waals surface area contributed by atoms with Gasteiger partial charge in [-0.05, 0) is 54.7 Å². The van der Waals surface area contributed by atoms with E-state index in [1.54, 1.807) is 0 Å². The summed E-state index contributed by atoms with van der Waals surface area (Å²) in [4.78, 5) is 12.5. The lowest BCUT2D eigenvalue weighted by atomic mass is 9.98. The van der Waals surface area contributed by atoms with Crippen LogP contribution in [0, 0.1) is 11.6 Å². The van der Waals surface area contributed by atoms with Crippen molar-refractivity contribution in [2.24, 2.45) is 0 Å². The zero-order valence-corrected chi connectivity index (χ0v) is 16.5. The topological polar surface area (TPSA) is 70.6 Å². The van der Waals surface area contributed by atoms with Crippen LogP contribution in [0.25, 0.3) is 0 Å². The maximum atomic E-state index is 14.1. The summed E-state index contributed by atoms with van der Waals surface area (Å²) in [5.74, 6) is -2.56. The monoisotopic (exact) mass is 462 g/mol. The number of amides is 2. The Morgan fingerprint density at radius 1 is 1.03 bits per heavy atom. The zero-order valence-electron chi connectivity index (χ0n) is 16.5. The van der Waals surface area contributed by atoms with Crippen LogP contribution >= 0.6 is 0 Å². The molecule has 2 aromatic carbocycles. The Labute approximate surface area is 179 Å². The van der Waals surface area contributed by atoms with Crippen LogP contribution in [0.5, 0.6) is 5.75 Å². The van der Waals surface area contributed by atoms with E-state index in [0.29, 0.717) is 25.3 Å². The summed E-state index contributed by atoms with van der Waals surface area (Å²) in [6.07, 6.45) is -8.00. The minimum Gasteiger partial charge on any atom is -0.428 e. The van der Waals surface area contributed by atoms with E-state index in [2.05, 4.69) is 15.4 Å². The molecule has 1 aliphatic rings. The molecule has 3 N–H and O–H groups in total. The van der Waals surface area contributed by atoms with Gasteiger partial charge in [-0.25, -0.2) is 13.6 Å². The summed E-state index contributed by atoms with van der Waals surface area (Å²) < 4.78 is 83.0. The SMILES string of the molecule is O=C(N[C@H](c1ccc(F)cc1)c1cc(F)cc(OC(F)(F)C(F)F)c1)N[C@@H]1CCCC1O. The Balaban J connectivity index is 1.90. The number of benzene rings is 2. The van der Waals surface area contributed by atoms with Crippen LogP contribution in [-0.4, -0.2) is 35.8 Å². The first kappa shape index (κ1) is 23.7. The van der Waals surface area contributed by atoms with Crippen LogP contribution < -0.4 is 15.4 Å². The van der Waals surface area contributed by atoms with Crippen molar-refractivity contribution in [2.75, 3.05) is 0 Å². The van der Waals surface area contributed by atoms with Gasteiger partial charge in [0.1, 0.15) is 17.4 Å². The van der Waals surface area contributed by atoms with Gasteiger partial charge in [-0.3, -0.25) is 0 Å². The number of nitrogens with one attached hydrogen (secondary N) is 2. The molecule has 0 aliphatic heterocycles. The molecule has 174 valence electrons. The second-order valence-corrected chi connectivity index (χ2v) is 7.39. The van der Waals surface area contributed by atoms with Gasteiger partial charge in [0, 0.05) is 6.07 Å². The van der Waals surface area contributed by atoms with Gasteiger partial charge in [-0.1, -0.05) is 12.1 Å². The number of urea groups is 1. The molecule has 3 atom stereocenters. The van der Waals surface area contributed by atoms with Crippen molar-refractivity contribution in [3.63, 3.8) is 0 Å². The van der Waals surface area contributed by atoms with Gasteiger partial charge in [0.25, 0.3) is 0 Å². The predicted molar refractivity (Wildman–Crippen MR) is 102 cm³/mol. The standard InChI is InChI=1S/C21H20F6N2O3/c22-13-6-4-11(5-7-13)18(29-20(31)28-16-2-1-3-17(16)30)12-8-14(23)10-15(9-12)32-21(26,27)19(24)25/h4-10,16-19,30H,1-3H2,(H2,28,29,31)/t16-,17?,18-/m1/s1. The lowest BCUT2D eigenvalue weighted by Crippen LogP contribution is -2.46. The zero-order chi connectivity index (χ0) is 23.5. The summed E-state index contributed by atoms with van der Waals surface area (Å²) in [7, 11) is 0. The quantitative estimate of drug-likeness (QED) is 0.531. The van der Waals surface area contributed by atoms with E-state index in [0.717, 1.165) is 24.3 Å². The average Bonchev–Trinajstić information content (AvgIpc) is 3.10. The Morgan fingerprint density at radius 3 is 2.31 bits per heavy atom. The number of carbonyl (C=O) groups is 1. The van der Waals surface area contributed by atoms with Crippen molar-refractivity contribution in [3.8, 4) is 5.75 Å². The fourth-order valence-electron chi connectivity index (χ4n) is 3.48. The third-order valence-corrected chi connectivity index (χ3v) is 5.01. The van der Waals surface area contributed by atoms with Crippen LogP contribution in [0.4, 0.5) is 31.1 Å². The van der Waals surface area contributed by atoms with E-state index >= 15 is 0 Å². The molecule has 11 heteroatoms. The smallest absolute Gasteiger partial charge is 0.428 e. The molecule has 1 aliphatic carbocycles. The summed E-state index contributed by atoms with van der Waals surface area (Å²) in [6, 6.07) is 4.53. The van der Waals surface area contributed by atoms with Crippen molar-refractivity contribution in [1.29, 1.82) is 0 Å². The van der Waals surface area contributed by atoms with Crippen LogP contribution in [0.3, 0.4) is 0 Å². The Morgan fingerprint density at radius 2 is 1.72 bits per heavy atom. The first-order valence-corrected chi connectivity index (χ1v) is 9.71. The molecule has 5 nitrogen and oxygen atoms in total. The molecule has 2 amide bonds. The lowest BCUT2D eigenvalue weighted by molar-refractivity contribution is -0.253. The Kier molecular flexibility index (Phi) is 7.17. The van der Waals surface area contributed by atoms with Crippen molar-refractivity contribution in [2.45, 2.75) is 50.0 Å². The number of hydrogen-bond acceptors (Lipinski definition) is 3. The largest absolute Gasteiger partial charge is 0.461 e. The van der Waals surface area contributed by atoms with E-state index < -0.39 is 54.1 Å².